The summed E-state index contributed by atoms with van der Waals surface area (Å²) in [6.45, 7) is 0. The van der Waals surface area contributed by atoms with Crippen molar-refractivity contribution >= 4 is 8.80 Å². The number of aromatic nitrogens is 2. The molecule has 0 unspecified atom stereocenters. The topological polar surface area (TPSA) is 53.5 Å². The molecule has 0 saturated heterocycles. The van der Waals surface area contributed by atoms with E-state index in [4.69, 9.17) is 13.3 Å². The van der Waals surface area contributed by atoms with Crippen LogP contribution in [0.1, 0.15) is 12.1 Å². The highest BCUT2D eigenvalue weighted by Crippen LogP contribution is 2.16. The minimum absolute atomic E-state index is 0.785. The van der Waals surface area contributed by atoms with Crippen molar-refractivity contribution in [2.75, 3.05) is 21.3 Å². The standard InChI is InChI=1S/C10H18N2O3Si/c1-13-16(14-2,15-3)9-5-7-10-6-4-8-11-12-10/h4,6,8H,5,7,9H2,1-3H3. The molecule has 0 spiro atoms. The molecule has 0 bridgehead atoms. The summed E-state index contributed by atoms with van der Waals surface area (Å²) in [4.78, 5) is 0. The van der Waals surface area contributed by atoms with Crippen molar-refractivity contribution in [3.05, 3.63) is 24.0 Å². The Bertz CT molecular complexity index is 285. The molecule has 6 heteroatoms. The van der Waals surface area contributed by atoms with Crippen molar-refractivity contribution in [2.24, 2.45) is 0 Å². The Balaban J connectivity index is 2.39. The first-order valence-corrected chi connectivity index (χ1v) is 7.11. The molecule has 1 aromatic heterocycles. The Labute approximate surface area is 97.1 Å². The smallest absolute Gasteiger partial charge is 0.377 e. The lowest BCUT2D eigenvalue weighted by atomic mass is 10.2. The molecule has 0 fully saturated rings. The van der Waals surface area contributed by atoms with E-state index in [0.29, 0.717) is 0 Å². The quantitative estimate of drug-likeness (QED) is 0.674. The van der Waals surface area contributed by atoms with Gasteiger partial charge in [-0.2, -0.15) is 10.2 Å². The van der Waals surface area contributed by atoms with Crippen LogP contribution in [0.15, 0.2) is 18.3 Å². The lowest BCUT2D eigenvalue weighted by Crippen LogP contribution is -2.42. The largest absolute Gasteiger partial charge is 0.500 e. The number of aryl methyl sites for hydroxylation is 1. The highest BCUT2D eigenvalue weighted by Gasteiger charge is 2.36. The monoisotopic (exact) mass is 242 g/mol. The Morgan fingerprint density at radius 3 is 2.38 bits per heavy atom. The molecule has 0 aliphatic carbocycles. The molecule has 1 heterocycles. The normalized spacial score (nSPS) is 11.7. The maximum absolute atomic E-state index is 5.33. The maximum atomic E-state index is 5.33. The SMILES string of the molecule is CO[Si](CCCc1cccnn1)(OC)OC. The fourth-order valence-corrected chi connectivity index (χ4v) is 3.23. The summed E-state index contributed by atoms with van der Waals surface area (Å²) < 4.78 is 16.0. The molecule has 16 heavy (non-hydrogen) atoms. The second kappa shape index (κ2) is 6.69. The zero-order chi connectivity index (χ0) is 11.9. The van der Waals surface area contributed by atoms with Crippen LogP contribution >= 0.6 is 0 Å². The minimum atomic E-state index is -2.42. The van der Waals surface area contributed by atoms with E-state index in [1.54, 1.807) is 27.5 Å². The molecule has 0 aliphatic rings. The maximum Gasteiger partial charge on any atom is 0.500 e. The van der Waals surface area contributed by atoms with E-state index >= 15 is 0 Å². The third-order valence-electron chi connectivity index (χ3n) is 2.48. The van der Waals surface area contributed by atoms with E-state index < -0.39 is 8.80 Å². The van der Waals surface area contributed by atoms with Crippen LogP contribution in [-0.2, 0) is 19.7 Å². The zero-order valence-electron chi connectivity index (χ0n) is 9.97. The van der Waals surface area contributed by atoms with E-state index in [1.165, 1.54) is 0 Å². The van der Waals surface area contributed by atoms with Crippen molar-refractivity contribution in [2.45, 2.75) is 18.9 Å². The van der Waals surface area contributed by atoms with Crippen LogP contribution in [-0.4, -0.2) is 40.3 Å². The first-order valence-electron chi connectivity index (χ1n) is 5.18. The molecule has 0 aliphatic heterocycles. The van der Waals surface area contributed by atoms with Crippen molar-refractivity contribution in [3.8, 4) is 0 Å². The van der Waals surface area contributed by atoms with Gasteiger partial charge in [-0.15, -0.1) is 0 Å². The first kappa shape index (κ1) is 13.2. The van der Waals surface area contributed by atoms with Crippen molar-refractivity contribution in [1.29, 1.82) is 0 Å². The van der Waals surface area contributed by atoms with Crippen LogP contribution in [0.3, 0.4) is 0 Å². The van der Waals surface area contributed by atoms with Crippen LogP contribution in [0.2, 0.25) is 6.04 Å². The van der Waals surface area contributed by atoms with E-state index in [-0.39, 0.29) is 0 Å². The Morgan fingerprint density at radius 2 is 1.88 bits per heavy atom. The predicted molar refractivity (Wildman–Crippen MR) is 61.9 cm³/mol. The van der Waals surface area contributed by atoms with Gasteiger partial charge < -0.3 is 13.3 Å². The van der Waals surface area contributed by atoms with Gasteiger partial charge in [0.15, 0.2) is 0 Å². The lowest BCUT2D eigenvalue weighted by Gasteiger charge is -2.24. The molecular weight excluding hydrogens is 224 g/mol. The molecule has 0 saturated carbocycles. The predicted octanol–water partition coefficient (Wildman–Crippen LogP) is 1.29. The highest BCUT2D eigenvalue weighted by atomic mass is 28.4. The Kier molecular flexibility index (Phi) is 5.54. The molecule has 0 aromatic carbocycles. The summed E-state index contributed by atoms with van der Waals surface area (Å²) in [6.07, 6.45) is 3.45. The molecular formula is C10H18N2O3Si. The van der Waals surface area contributed by atoms with Crippen LogP contribution in [0.5, 0.6) is 0 Å². The van der Waals surface area contributed by atoms with Gasteiger partial charge >= 0.3 is 8.80 Å². The van der Waals surface area contributed by atoms with Crippen molar-refractivity contribution < 1.29 is 13.3 Å². The number of hydrogen-bond acceptors (Lipinski definition) is 5. The molecule has 5 nitrogen and oxygen atoms in total. The van der Waals surface area contributed by atoms with Gasteiger partial charge in [-0.25, -0.2) is 0 Å². The first-order chi connectivity index (χ1) is 7.76. The van der Waals surface area contributed by atoms with Gasteiger partial charge in [-0.3, -0.25) is 0 Å². The fraction of sp³-hybridized carbons (Fsp3) is 0.600. The second-order valence-corrected chi connectivity index (χ2v) is 6.45. The second-order valence-electron chi connectivity index (χ2n) is 3.36. The summed E-state index contributed by atoms with van der Waals surface area (Å²) in [6, 6.07) is 4.63. The van der Waals surface area contributed by atoms with Gasteiger partial charge in [0.05, 0.1) is 5.69 Å². The van der Waals surface area contributed by atoms with Crippen LogP contribution in [0, 0.1) is 0 Å². The molecule has 0 radical (unpaired) electrons. The lowest BCUT2D eigenvalue weighted by molar-refractivity contribution is 0.123. The molecule has 0 amide bonds. The highest BCUT2D eigenvalue weighted by molar-refractivity contribution is 6.60. The van der Waals surface area contributed by atoms with Gasteiger partial charge in [0.25, 0.3) is 0 Å². The van der Waals surface area contributed by atoms with E-state index in [1.807, 2.05) is 12.1 Å². The Hall–Kier alpha value is -0.823. The molecule has 1 aromatic rings. The van der Waals surface area contributed by atoms with E-state index in [9.17, 15) is 0 Å². The number of hydrogen-bond donors (Lipinski definition) is 0. The van der Waals surface area contributed by atoms with Crippen molar-refractivity contribution in [3.63, 3.8) is 0 Å². The molecule has 90 valence electrons. The van der Waals surface area contributed by atoms with Gasteiger partial charge in [-0.1, -0.05) is 0 Å². The number of nitrogens with zero attached hydrogens (tertiary/aromatic N) is 2. The third-order valence-corrected chi connectivity index (χ3v) is 5.31. The van der Waals surface area contributed by atoms with Crippen LogP contribution in [0.4, 0.5) is 0 Å². The molecule has 1 rings (SSSR count). The average Bonchev–Trinajstić information content (AvgIpc) is 2.37. The molecule has 0 atom stereocenters. The van der Waals surface area contributed by atoms with Gasteiger partial charge in [0, 0.05) is 33.6 Å². The summed E-state index contributed by atoms with van der Waals surface area (Å²) in [5, 5.41) is 7.85. The number of rotatable bonds is 7. The van der Waals surface area contributed by atoms with Crippen LogP contribution in [0.25, 0.3) is 0 Å². The van der Waals surface area contributed by atoms with Gasteiger partial charge in [-0.05, 0) is 25.0 Å². The summed E-state index contributed by atoms with van der Waals surface area (Å²) in [5.74, 6) is 0. The van der Waals surface area contributed by atoms with Gasteiger partial charge in [0.1, 0.15) is 0 Å². The summed E-state index contributed by atoms with van der Waals surface area (Å²) >= 11 is 0. The zero-order valence-corrected chi connectivity index (χ0v) is 11.0. The summed E-state index contributed by atoms with van der Waals surface area (Å²) in [5.41, 5.74) is 0.980. The molecule has 0 N–H and O–H groups in total. The summed E-state index contributed by atoms with van der Waals surface area (Å²) in [7, 11) is 2.46. The fourth-order valence-electron chi connectivity index (χ4n) is 1.51. The van der Waals surface area contributed by atoms with Crippen LogP contribution < -0.4 is 0 Å². The van der Waals surface area contributed by atoms with Crippen molar-refractivity contribution in [1.82, 2.24) is 10.2 Å². The Morgan fingerprint density at radius 1 is 1.19 bits per heavy atom. The third kappa shape index (κ3) is 3.64. The average molecular weight is 242 g/mol. The van der Waals surface area contributed by atoms with Gasteiger partial charge in [0.2, 0.25) is 0 Å². The van der Waals surface area contributed by atoms with E-state index in [0.717, 1.165) is 24.6 Å². The minimum Gasteiger partial charge on any atom is -0.377 e. The van der Waals surface area contributed by atoms with E-state index in [2.05, 4.69) is 10.2 Å².